The molecule has 0 aliphatic heterocycles. The molecule has 0 unspecified atom stereocenters. The van der Waals surface area contributed by atoms with Gasteiger partial charge in [0.15, 0.2) is 0 Å². The van der Waals surface area contributed by atoms with Gasteiger partial charge in [-0.25, -0.2) is 13.6 Å². The smallest absolute Gasteiger partial charge is 0.293 e. The third-order valence-corrected chi connectivity index (χ3v) is 5.50. The van der Waals surface area contributed by atoms with Gasteiger partial charge in [0.2, 0.25) is 10.0 Å². The molecule has 1 atom stereocenters. The van der Waals surface area contributed by atoms with E-state index in [0.717, 1.165) is 11.0 Å². The van der Waals surface area contributed by atoms with E-state index in [4.69, 9.17) is 10.7 Å². The number of azide groups is 1. The average molecular weight is 408 g/mol. The highest BCUT2D eigenvalue weighted by Crippen LogP contribution is 2.29. The molecule has 27 heavy (non-hydrogen) atoms. The minimum absolute atomic E-state index is 0.0599. The number of sulfonamides is 1. The lowest BCUT2D eigenvalue weighted by Gasteiger charge is -2.18. The molecule has 0 saturated carbocycles. The van der Waals surface area contributed by atoms with Crippen LogP contribution in [0.15, 0.2) is 63.4 Å². The summed E-state index contributed by atoms with van der Waals surface area (Å²) < 4.78 is 22.8. The van der Waals surface area contributed by atoms with E-state index in [0.29, 0.717) is 5.75 Å². The maximum Gasteiger partial charge on any atom is 0.293 e. The van der Waals surface area contributed by atoms with Crippen molar-refractivity contribution >= 4 is 33.2 Å². The van der Waals surface area contributed by atoms with Crippen LogP contribution in [-0.2, 0) is 10.0 Å². The van der Waals surface area contributed by atoms with Gasteiger partial charge in [-0.1, -0.05) is 23.3 Å². The van der Waals surface area contributed by atoms with Crippen molar-refractivity contribution in [3.63, 3.8) is 0 Å². The number of rotatable bonds is 9. The maximum atomic E-state index is 11.4. The Balaban J connectivity index is 2.25. The molecule has 0 heterocycles. The van der Waals surface area contributed by atoms with Crippen LogP contribution in [0.5, 0.6) is 0 Å². The predicted octanol–water partition coefficient (Wildman–Crippen LogP) is 3.13. The summed E-state index contributed by atoms with van der Waals surface area (Å²) in [4.78, 5) is 14.0. The number of nitrogens with two attached hydrogens (primary N) is 1. The van der Waals surface area contributed by atoms with E-state index in [1.54, 1.807) is 0 Å². The first-order valence-electron chi connectivity index (χ1n) is 7.57. The van der Waals surface area contributed by atoms with Crippen molar-refractivity contribution in [2.45, 2.75) is 15.8 Å². The van der Waals surface area contributed by atoms with Gasteiger partial charge in [0.1, 0.15) is 5.69 Å². The Morgan fingerprint density at radius 2 is 2.00 bits per heavy atom. The van der Waals surface area contributed by atoms with Crippen molar-refractivity contribution < 1.29 is 13.3 Å². The Labute approximate surface area is 159 Å². The second kappa shape index (κ2) is 9.24. The Morgan fingerprint density at radius 3 is 2.59 bits per heavy atom. The predicted molar refractivity (Wildman–Crippen MR) is 103 cm³/mol. The molecule has 2 aromatic carbocycles. The molecule has 0 amide bonds. The van der Waals surface area contributed by atoms with E-state index in [9.17, 15) is 18.5 Å². The first-order chi connectivity index (χ1) is 12.8. The fourth-order valence-electron chi connectivity index (χ4n) is 2.17. The van der Waals surface area contributed by atoms with E-state index in [2.05, 4.69) is 15.3 Å². The summed E-state index contributed by atoms with van der Waals surface area (Å²) in [5, 5.41) is 22.8. The molecule has 142 valence electrons. The van der Waals surface area contributed by atoms with Crippen molar-refractivity contribution in [1.82, 2.24) is 0 Å². The standard InChI is InChI=1S/C15H16N6O4S2/c16-20-18-9-11(10-26-12-4-2-1-3-5-12)19-14-7-6-13(27(17,24)25)8-15(14)21(22)23/h1-8,11,19H,9-10H2,(H2,17,24,25)/t11-/m0/s1. The van der Waals surface area contributed by atoms with Crippen LogP contribution in [0, 0.1) is 10.1 Å². The quantitative estimate of drug-likeness (QED) is 0.161. The second-order valence-electron chi connectivity index (χ2n) is 5.36. The van der Waals surface area contributed by atoms with Gasteiger partial charge in [-0.05, 0) is 29.8 Å². The second-order valence-corrected chi connectivity index (χ2v) is 8.01. The number of hydrogen-bond acceptors (Lipinski definition) is 7. The van der Waals surface area contributed by atoms with Gasteiger partial charge in [-0.2, -0.15) is 0 Å². The van der Waals surface area contributed by atoms with Crippen LogP contribution in [0.4, 0.5) is 11.4 Å². The van der Waals surface area contributed by atoms with Crippen molar-refractivity contribution in [2.24, 2.45) is 10.3 Å². The monoisotopic (exact) mass is 408 g/mol. The van der Waals surface area contributed by atoms with Crippen LogP contribution in [0.3, 0.4) is 0 Å². The molecular formula is C15H16N6O4S2. The van der Waals surface area contributed by atoms with Crippen LogP contribution in [0.25, 0.3) is 10.4 Å². The number of nitrogens with one attached hydrogen (secondary N) is 1. The van der Waals surface area contributed by atoms with E-state index in [1.807, 2.05) is 30.3 Å². The van der Waals surface area contributed by atoms with Gasteiger partial charge < -0.3 is 5.32 Å². The summed E-state index contributed by atoms with van der Waals surface area (Å²) in [7, 11) is -4.07. The Hall–Kier alpha value is -2.79. The molecule has 2 aromatic rings. The highest BCUT2D eigenvalue weighted by atomic mass is 32.2. The fraction of sp³-hybridized carbons (Fsp3) is 0.200. The molecule has 12 heteroatoms. The molecule has 2 rings (SSSR count). The topological polar surface area (TPSA) is 164 Å². The number of nitro groups is 1. The number of anilines is 1. The first-order valence-corrected chi connectivity index (χ1v) is 10.1. The summed E-state index contributed by atoms with van der Waals surface area (Å²) in [6.07, 6.45) is 0. The Kier molecular flexibility index (Phi) is 7.02. The summed E-state index contributed by atoms with van der Waals surface area (Å²) >= 11 is 1.49. The molecule has 0 bridgehead atoms. The average Bonchev–Trinajstić information content (AvgIpc) is 2.64. The Bertz CT molecular complexity index is 962. The van der Waals surface area contributed by atoms with E-state index < -0.39 is 26.7 Å². The van der Waals surface area contributed by atoms with Crippen LogP contribution >= 0.6 is 11.8 Å². The maximum absolute atomic E-state index is 11.4. The number of benzene rings is 2. The number of nitro benzene ring substituents is 1. The van der Waals surface area contributed by atoms with Crippen molar-refractivity contribution in [3.8, 4) is 0 Å². The molecule has 0 fully saturated rings. The number of nitrogens with zero attached hydrogens (tertiary/aromatic N) is 4. The molecular weight excluding hydrogens is 392 g/mol. The highest BCUT2D eigenvalue weighted by Gasteiger charge is 2.21. The lowest BCUT2D eigenvalue weighted by molar-refractivity contribution is -0.384. The number of primary sulfonamides is 1. The van der Waals surface area contributed by atoms with Crippen molar-refractivity contribution in [2.75, 3.05) is 17.6 Å². The van der Waals surface area contributed by atoms with Gasteiger partial charge in [-0.3, -0.25) is 10.1 Å². The van der Waals surface area contributed by atoms with Gasteiger partial charge in [-0.15, -0.1) is 11.8 Å². The molecule has 0 aliphatic carbocycles. The molecule has 0 radical (unpaired) electrons. The number of thioether (sulfide) groups is 1. The SMILES string of the molecule is [N-]=[N+]=NC[C@@H](CSc1ccccc1)Nc1ccc(S(N)(=O)=O)cc1[N+](=O)[O-]. The summed E-state index contributed by atoms with van der Waals surface area (Å²) in [6.45, 7) is 0.0599. The molecule has 0 spiro atoms. The molecule has 0 saturated heterocycles. The minimum Gasteiger partial charge on any atom is -0.376 e. The molecule has 3 N–H and O–H groups in total. The lowest BCUT2D eigenvalue weighted by atomic mass is 10.2. The van der Waals surface area contributed by atoms with E-state index in [-0.39, 0.29) is 17.1 Å². The summed E-state index contributed by atoms with van der Waals surface area (Å²) in [5.74, 6) is 0.469. The van der Waals surface area contributed by atoms with E-state index in [1.165, 1.54) is 23.9 Å². The van der Waals surface area contributed by atoms with Gasteiger partial charge >= 0.3 is 0 Å². The zero-order chi connectivity index (χ0) is 19.9. The Morgan fingerprint density at radius 1 is 1.30 bits per heavy atom. The van der Waals surface area contributed by atoms with Crippen molar-refractivity contribution in [1.29, 1.82) is 0 Å². The summed E-state index contributed by atoms with van der Waals surface area (Å²) in [5.41, 5.74) is 8.25. The van der Waals surface area contributed by atoms with Crippen LogP contribution in [0.1, 0.15) is 0 Å². The normalized spacial score (nSPS) is 12.0. The van der Waals surface area contributed by atoms with Crippen LogP contribution in [-0.4, -0.2) is 31.7 Å². The largest absolute Gasteiger partial charge is 0.376 e. The fourth-order valence-corrected chi connectivity index (χ4v) is 3.64. The third-order valence-electron chi connectivity index (χ3n) is 3.41. The molecule has 0 aromatic heterocycles. The first kappa shape index (κ1) is 20.5. The van der Waals surface area contributed by atoms with Crippen LogP contribution in [0.2, 0.25) is 0 Å². The zero-order valence-corrected chi connectivity index (χ0v) is 15.6. The molecule has 0 aliphatic rings. The lowest BCUT2D eigenvalue weighted by Crippen LogP contribution is -2.26. The van der Waals surface area contributed by atoms with Crippen molar-refractivity contribution in [3.05, 3.63) is 69.1 Å². The van der Waals surface area contributed by atoms with Gasteiger partial charge in [0, 0.05) is 34.2 Å². The third kappa shape index (κ3) is 6.15. The number of hydrogen-bond donors (Lipinski definition) is 2. The zero-order valence-electron chi connectivity index (χ0n) is 13.9. The summed E-state index contributed by atoms with van der Waals surface area (Å²) in [6, 6.07) is 12.4. The highest BCUT2D eigenvalue weighted by molar-refractivity contribution is 7.99. The van der Waals surface area contributed by atoms with E-state index >= 15 is 0 Å². The van der Waals surface area contributed by atoms with Gasteiger partial charge in [0.25, 0.3) is 5.69 Å². The molecule has 10 nitrogen and oxygen atoms in total. The van der Waals surface area contributed by atoms with Crippen LogP contribution < -0.4 is 10.5 Å². The van der Waals surface area contributed by atoms with Gasteiger partial charge in [0.05, 0.1) is 9.82 Å². The minimum atomic E-state index is -4.07.